The average Bonchev–Trinajstić information content (AvgIpc) is 3.93. The van der Waals surface area contributed by atoms with Crippen LogP contribution >= 0.6 is 0 Å². The zero-order valence-corrected chi connectivity index (χ0v) is 38.8. The van der Waals surface area contributed by atoms with E-state index in [9.17, 15) is 0 Å². The van der Waals surface area contributed by atoms with E-state index >= 15 is 0 Å². The monoisotopic (exact) mass is 870 g/mol. The van der Waals surface area contributed by atoms with E-state index < -0.39 is 0 Å². The van der Waals surface area contributed by atoms with E-state index in [-0.39, 0.29) is 10.8 Å². The highest BCUT2D eigenvalue weighted by atomic mass is 15.1. The van der Waals surface area contributed by atoms with Crippen molar-refractivity contribution in [2.45, 2.75) is 38.5 Å². The van der Waals surface area contributed by atoms with Crippen molar-refractivity contribution in [3.05, 3.63) is 253 Å². The molecule has 2 aliphatic rings. The lowest BCUT2D eigenvalue weighted by atomic mass is 9.79. The molecule has 0 fully saturated rings. The number of rotatable bonds is 7. The number of hydrogen-bond acceptors (Lipinski definition) is 1. The average molecular weight is 871 g/mol. The number of hydrogen-bond donors (Lipinski definition) is 0. The largest absolute Gasteiger partial charge is 0.311 e. The number of para-hydroxylation sites is 2. The third-order valence-corrected chi connectivity index (χ3v) is 15.2. The molecule has 0 radical (unpaired) electrons. The Bertz CT molecular complexity index is 3690. The fourth-order valence-corrected chi connectivity index (χ4v) is 11.7. The van der Waals surface area contributed by atoms with Crippen LogP contribution in [0.15, 0.2) is 231 Å². The summed E-state index contributed by atoms with van der Waals surface area (Å²) in [5.74, 6) is 0. The normalized spacial score (nSPS) is 13.8. The van der Waals surface area contributed by atoms with Gasteiger partial charge in [-0.25, -0.2) is 0 Å². The van der Waals surface area contributed by atoms with Crippen molar-refractivity contribution < 1.29 is 0 Å². The molecule has 0 saturated carbocycles. The molecule has 0 spiro atoms. The van der Waals surface area contributed by atoms with Gasteiger partial charge in [-0.1, -0.05) is 185 Å². The van der Waals surface area contributed by atoms with E-state index in [0.29, 0.717) is 0 Å². The quantitative estimate of drug-likeness (QED) is 0.155. The summed E-state index contributed by atoms with van der Waals surface area (Å²) in [5.41, 5.74) is 25.1. The molecular weight excluding hydrogens is 821 g/mol. The van der Waals surface area contributed by atoms with Crippen molar-refractivity contribution in [2.75, 3.05) is 4.90 Å². The van der Waals surface area contributed by atoms with Gasteiger partial charge in [-0.3, -0.25) is 0 Å². The lowest BCUT2D eigenvalue weighted by Crippen LogP contribution is -2.16. The van der Waals surface area contributed by atoms with Crippen LogP contribution in [-0.4, -0.2) is 4.57 Å². The second kappa shape index (κ2) is 15.2. The van der Waals surface area contributed by atoms with E-state index in [4.69, 9.17) is 0 Å². The highest BCUT2D eigenvalue weighted by Crippen LogP contribution is 2.57. The van der Waals surface area contributed by atoms with Crippen LogP contribution in [0.1, 0.15) is 49.9 Å². The molecule has 1 heterocycles. The van der Waals surface area contributed by atoms with E-state index in [0.717, 1.165) is 22.7 Å². The summed E-state index contributed by atoms with van der Waals surface area (Å²) in [4.78, 5) is 2.39. The van der Waals surface area contributed by atoms with Crippen LogP contribution in [0, 0.1) is 0 Å². The van der Waals surface area contributed by atoms with Crippen LogP contribution in [-0.2, 0) is 10.8 Å². The summed E-state index contributed by atoms with van der Waals surface area (Å²) >= 11 is 0. The van der Waals surface area contributed by atoms with Gasteiger partial charge in [0.2, 0.25) is 0 Å². The molecule has 2 heteroatoms. The van der Waals surface area contributed by atoms with Crippen molar-refractivity contribution in [1.82, 2.24) is 4.57 Å². The molecule has 68 heavy (non-hydrogen) atoms. The molecule has 324 valence electrons. The predicted molar refractivity (Wildman–Crippen MR) is 287 cm³/mol. The molecule has 0 unspecified atom stereocenters. The Labute approximate surface area is 399 Å². The number of nitrogens with zero attached hydrogens (tertiary/aromatic N) is 2. The maximum Gasteiger partial charge on any atom is 0.0541 e. The van der Waals surface area contributed by atoms with Gasteiger partial charge in [0.15, 0.2) is 0 Å². The summed E-state index contributed by atoms with van der Waals surface area (Å²) in [6.45, 7) is 9.57. The van der Waals surface area contributed by atoms with Crippen LogP contribution in [0.25, 0.3) is 83.1 Å². The van der Waals surface area contributed by atoms with Crippen molar-refractivity contribution in [1.29, 1.82) is 0 Å². The molecule has 2 aliphatic carbocycles. The number of aromatic nitrogens is 1. The molecule has 0 bridgehead atoms. The van der Waals surface area contributed by atoms with Crippen molar-refractivity contribution in [2.24, 2.45) is 0 Å². The summed E-state index contributed by atoms with van der Waals surface area (Å²) < 4.78 is 2.39. The first-order valence-electron chi connectivity index (χ1n) is 23.9. The molecule has 11 aromatic rings. The zero-order valence-electron chi connectivity index (χ0n) is 38.8. The van der Waals surface area contributed by atoms with Crippen LogP contribution in [0.4, 0.5) is 17.1 Å². The Morgan fingerprint density at radius 3 is 1.35 bits per heavy atom. The molecule has 0 N–H and O–H groups in total. The minimum Gasteiger partial charge on any atom is -0.311 e. The SMILES string of the molecule is CC1(C)c2ccccc2-c2cc3c(cc21)-c1c(-c2ccc(N(c4ccc(-c5ccc(-c6ccccc6)cc5)cc4)c4ccc(-n5c6ccccc6c6ccccc65)cc4)cc2)cccc1C3(C)C. The molecule has 2 nitrogen and oxygen atoms in total. The van der Waals surface area contributed by atoms with Crippen molar-refractivity contribution >= 4 is 38.9 Å². The van der Waals surface area contributed by atoms with Gasteiger partial charge in [0.1, 0.15) is 0 Å². The summed E-state index contributed by atoms with van der Waals surface area (Å²) in [6.07, 6.45) is 0. The van der Waals surface area contributed by atoms with Crippen molar-refractivity contribution in [3.8, 4) is 61.3 Å². The van der Waals surface area contributed by atoms with Crippen LogP contribution in [0.5, 0.6) is 0 Å². The molecular formula is C66H50N2. The van der Waals surface area contributed by atoms with Crippen LogP contribution in [0.2, 0.25) is 0 Å². The standard InChI is InChI=1S/C66H50N2/c1-65(2)58-21-11-8-17-53(58)56-41-61-57(42-60(56)65)64-52(20-14-22-59(64)66(61,3)4)47-31-35-49(36-32-47)67(48-33-29-46(30-34-48)45-27-25-44(26-28-45)43-15-6-5-7-16-43)50-37-39-51(40-38-50)68-62-23-12-9-18-54(62)55-19-10-13-24-63(55)68/h5-42H,1-4H3. The highest BCUT2D eigenvalue weighted by molar-refractivity contribution is 6.09. The first-order valence-corrected chi connectivity index (χ1v) is 23.9. The minimum atomic E-state index is -0.129. The Balaban J connectivity index is 0.897. The number of anilines is 3. The maximum absolute atomic E-state index is 2.53. The summed E-state index contributed by atoms with van der Waals surface area (Å²) in [6, 6.07) is 85.2. The topological polar surface area (TPSA) is 8.17 Å². The first-order chi connectivity index (χ1) is 33.2. The van der Waals surface area contributed by atoms with Gasteiger partial charge in [0.25, 0.3) is 0 Å². The molecule has 0 amide bonds. The zero-order chi connectivity index (χ0) is 45.7. The fourth-order valence-electron chi connectivity index (χ4n) is 11.7. The Kier molecular flexibility index (Phi) is 8.95. The first kappa shape index (κ1) is 40.1. The predicted octanol–water partition coefficient (Wildman–Crippen LogP) is 17.9. The van der Waals surface area contributed by atoms with E-state index in [1.807, 2.05) is 0 Å². The van der Waals surface area contributed by atoms with Crippen LogP contribution in [0.3, 0.4) is 0 Å². The van der Waals surface area contributed by atoms with E-state index in [1.54, 1.807) is 0 Å². The van der Waals surface area contributed by atoms with Crippen LogP contribution < -0.4 is 4.90 Å². The van der Waals surface area contributed by atoms with Gasteiger partial charge in [-0.05, 0) is 151 Å². The third-order valence-electron chi connectivity index (χ3n) is 15.2. The Morgan fingerprint density at radius 1 is 0.309 bits per heavy atom. The van der Waals surface area contributed by atoms with E-state index in [2.05, 4.69) is 268 Å². The van der Waals surface area contributed by atoms with Gasteiger partial charge < -0.3 is 9.47 Å². The third kappa shape index (κ3) is 6.10. The van der Waals surface area contributed by atoms with Gasteiger partial charge in [-0.2, -0.15) is 0 Å². The molecule has 0 aliphatic heterocycles. The number of benzene rings is 10. The van der Waals surface area contributed by atoms with E-state index in [1.165, 1.54) is 99.7 Å². The summed E-state index contributed by atoms with van der Waals surface area (Å²) in [7, 11) is 0. The minimum absolute atomic E-state index is 0.0687. The van der Waals surface area contributed by atoms with Gasteiger partial charge in [0, 0.05) is 44.4 Å². The smallest absolute Gasteiger partial charge is 0.0541 e. The second-order valence-corrected chi connectivity index (χ2v) is 19.7. The van der Waals surface area contributed by atoms with Gasteiger partial charge >= 0.3 is 0 Å². The second-order valence-electron chi connectivity index (χ2n) is 19.7. The Hall–Kier alpha value is -8.20. The van der Waals surface area contributed by atoms with Gasteiger partial charge in [0.05, 0.1) is 11.0 Å². The lowest BCUT2D eigenvalue weighted by molar-refractivity contribution is 0.652. The maximum atomic E-state index is 2.53. The molecule has 10 aromatic carbocycles. The van der Waals surface area contributed by atoms with Gasteiger partial charge in [-0.15, -0.1) is 0 Å². The molecule has 13 rings (SSSR count). The molecule has 0 saturated heterocycles. The highest BCUT2D eigenvalue weighted by Gasteiger charge is 2.42. The summed E-state index contributed by atoms with van der Waals surface area (Å²) in [5, 5.41) is 2.52. The molecule has 1 aromatic heterocycles. The lowest BCUT2D eigenvalue weighted by Gasteiger charge is -2.26. The Morgan fingerprint density at radius 2 is 0.735 bits per heavy atom. The molecule has 0 atom stereocenters. The van der Waals surface area contributed by atoms with Crippen molar-refractivity contribution in [3.63, 3.8) is 0 Å². The number of fused-ring (bicyclic) bond motifs is 9. The fraction of sp³-hybridized carbons (Fsp3) is 0.0909.